The Kier molecular flexibility index (Phi) is 5.63. The quantitative estimate of drug-likeness (QED) is 0.837. The molecule has 0 bridgehead atoms. The van der Waals surface area contributed by atoms with E-state index in [2.05, 4.69) is 5.32 Å². The lowest BCUT2D eigenvalue weighted by Crippen LogP contribution is -2.40. The standard InChI is InChI=1S/C13H17ClN2O5S/c1-15-13(17)9-21-11-3-2-10(14)8-12(11)22(18,19)16-4-6-20-7-5-16/h2-3,8H,4-7,9H2,1H3,(H,15,17). The van der Waals surface area contributed by atoms with Gasteiger partial charge in [0, 0.05) is 25.2 Å². The summed E-state index contributed by atoms with van der Waals surface area (Å²) in [4.78, 5) is 11.2. The van der Waals surface area contributed by atoms with Gasteiger partial charge in [-0.25, -0.2) is 8.42 Å². The fourth-order valence-corrected chi connectivity index (χ4v) is 3.75. The molecule has 0 aromatic heterocycles. The summed E-state index contributed by atoms with van der Waals surface area (Å²) in [6, 6.07) is 4.28. The van der Waals surface area contributed by atoms with Crippen LogP contribution in [0, 0.1) is 0 Å². The van der Waals surface area contributed by atoms with Gasteiger partial charge in [0.25, 0.3) is 5.91 Å². The highest BCUT2D eigenvalue weighted by atomic mass is 35.5. The third kappa shape index (κ3) is 3.89. The molecule has 2 rings (SSSR count). The molecule has 122 valence electrons. The minimum absolute atomic E-state index is 0.0502. The zero-order chi connectivity index (χ0) is 16.2. The van der Waals surface area contributed by atoms with Gasteiger partial charge in [-0.1, -0.05) is 11.6 Å². The normalized spacial score (nSPS) is 16.3. The van der Waals surface area contributed by atoms with Crippen molar-refractivity contribution in [2.24, 2.45) is 0 Å². The van der Waals surface area contributed by atoms with E-state index in [1.165, 1.54) is 29.6 Å². The van der Waals surface area contributed by atoms with E-state index in [1.807, 2.05) is 0 Å². The monoisotopic (exact) mass is 348 g/mol. The number of rotatable bonds is 5. The number of amides is 1. The number of carbonyl (C=O) groups is 1. The van der Waals surface area contributed by atoms with Gasteiger partial charge in [-0.3, -0.25) is 4.79 Å². The lowest BCUT2D eigenvalue weighted by atomic mass is 10.3. The molecule has 9 heteroatoms. The highest BCUT2D eigenvalue weighted by molar-refractivity contribution is 7.89. The van der Waals surface area contributed by atoms with E-state index in [4.69, 9.17) is 21.1 Å². The van der Waals surface area contributed by atoms with Crippen LogP contribution in [-0.4, -0.2) is 58.6 Å². The first-order valence-corrected chi connectivity index (χ1v) is 8.48. The van der Waals surface area contributed by atoms with E-state index < -0.39 is 10.0 Å². The number of nitrogens with one attached hydrogen (secondary N) is 1. The third-order valence-electron chi connectivity index (χ3n) is 3.13. The predicted octanol–water partition coefficient (Wildman–Crippen LogP) is 0.486. The first-order valence-electron chi connectivity index (χ1n) is 6.66. The molecule has 1 fully saturated rings. The first kappa shape index (κ1) is 17.0. The number of ether oxygens (including phenoxy) is 2. The fraction of sp³-hybridized carbons (Fsp3) is 0.462. The average Bonchev–Trinajstić information content (AvgIpc) is 2.54. The molecule has 1 amide bonds. The molecule has 1 aliphatic heterocycles. The van der Waals surface area contributed by atoms with E-state index in [1.54, 1.807) is 0 Å². The Morgan fingerprint density at radius 2 is 2.09 bits per heavy atom. The van der Waals surface area contributed by atoms with Crippen LogP contribution in [0.3, 0.4) is 0 Å². The highest BCUT2D eigenvalue weighted by Gasteiger charge is 2.29. The summed E-state index contributed by atoms with van der Waals surface area (Å²) >= 11 is 5.91. The lowest BCUT2D eigenvalue weighted by Gasteiger charge is -2.26. The molecule has 22 heavy (non-hydrogen) atoms. The zero-order valence-electron chi connectivity index (χ0n) is 12.0. The zero-order valence-corrected chi connectivity index (χ0v) is 13.6. The Morgan fingerprint density at radius 1 is 1.41 bits per heavy atom. The minimum Gasteiger partial charge on any atom is -0.482 e. The number of morpholine rings is 1. The van der Waals surface area contributed by atoms with Crippen LogP contribution in [0.2, 0.25) is 5.02 Å². The summed E-state index contributed by atoms with van der Waals surface area (Å²) in [6.45, 7) is 0.944. The van der Waals surface area contributed by atoms with Crippen LogP contribution >= 0.6 is 11.6 Å². The van der Waals surface area contributed by atoms with Gasteiger partial charge in [-0.15, -0.1) is 0 Å². The maximum absolute atomic E-state index is 12.7. The Balaban J connectivity index is 2.31. The number of halogens is 1. The molecule has 1 aromatic rings. The molecule has 0 radical (unpaired) electrons. The van der Waals surface area contributed by atoms with Crippen molar-refractivity contribution in [3.8, 4) is 5.75 Å². The van der Waals surface area contributed by atoms with Gasteiger partial charge in [-0.05, 0) is 18.2 Å². The van der Waals surface area contributed by atoms with E-state index in [-0.39, 0.29) is 41.3 Å². The number of benzene rings is 1. The maximum atomic E-state index is 12.7. The van der Waals surface area contributed by atoms with Crippen molar-refractivity contribution in [1.82, 2.24) is 9.62 Å². The average molecular weight is 349 g/mol. The van der Waals surface area contributed by atoms with Gasteiger partial charge < -0.3 is 14.8 Å². The summed E-state index contributed by atoms with van der Waals surface area (Å²) in [7, 11) is -2.29. The summed E-state index contributed by atoms with van der Waals surface area (Å²) in [5, 5.41) is 2.68. The van der Waals surface area contributed by atoms with Crippen LogP contribution in [0.4, 0.5) is 0 Å². The Morgan fingerprint density at radius 3 is 2.73 bits per heavy atom. The van der Waals surface area contributed by atoms with Gasteiger partial charge in [-0.2, -0.15) is 4.31 Å². The van der Waals surface area contributed by atoms with Gasteiger partial charge in [0.2, 0.25) is 10.0 Å². The predicted molar refractivity (Wildman–Crippen MR) is 80.6 cm³/mol. The summed E-state index contributed by atoms with van der Waals surface area (Å²) in [5.41, 5.74) is 0. The van der Waals surface area contributed by atoms with E-state index in [9.17, 15) is 13.2 Å². The first-order chi connectivity index (χ1) is 10.4. The Hall–Kier alpha value is -1.35. The molecule has 0 atom stereocenters. The number of nitrogens with zero attached hydrogens (tertiary/aromatic N) is 1. The van der Waals surface area contributed by atoms with Crippen LogP contribution in [-0.2, 0) is 19.6 Å². The molecule has 0 aliphatic carbocycles. The second kappa shape index (κ2) is 7.28. The number of likely N-dealkylation sites (N-methyl/N-ethyl adjacent to an activating group) is 1. The smallest absolute Gasteiger partial charge is 0.257 e. The number of carbonyl (C=O) groups excluding carboxylic acids is 1. The molecular formula is C13H17ClN2O5S. The molecule has 1 N–H and O–H groups in total. The molecule has 7 nitrogen and oxygen atoms in total. The number of sulfonamides is 1. The van der Waals surface area contributed by atoms with Crippen LogP contribution in [0.25, 0.3) is 0 Å². The number of hydrogen-bond donors (Lipinski definition) is 1. The number of hydrogen-bond acceptors (Lipinski definition) is 5. The van der Waals surface area contributed by atoms with Crippen LogP contribution in [0.1, 0.15) is 0 Å². The second-order valence-electron chi connectivity index (χ2n) is 4.57. The molecule has 0 saturated carbocycles. The van der Waals surface area contributed by atoms with Gasteiger partial charge in [0.1, 0.15) is 10.6 Å². The van der Waals surface area contributed by atoms with Gasteiger partial charge in [0.15, 0.2) is 6.61 Å². The Bertz CT molecular complexity index is 644. The highest BCUT2D eigenvalue weighted by Crippen LogP contribution is 2.30. The van der Waals surface area contributed by atoms with Crippen molar-refractivity contribution in [2.75, 3.05) is 40.0 Å². The Labute approximate surface area is 134 Å². The SMILES string of the molecule is CNC(=O)COc1ccc(Cl)cc1S(=O)(=O)N1CCOCC1. The molecule has 1 saturated heterocycles. The van der Waals surface area contributed by atoms with E-state index in [0.717, 1.165) is 0 Å². The minimum atomic E-state index is -3.76. The van der Waals surface area contributed by atoms with Crippen molar-refractivity contribution in [2.45, 2.75) is 4.90 Å². The van der Waals surface area contributed by atoms with E-state index >= 15 is 0 Å². The largest absolute Gasteiger partial charge is 0.482 e. The molecule has 0 spiro atoms. The van der Waals surface area contributed by atoms with Crippen molar-refractivity contribution < 1.29 is 22.7 Å². The molecule has 1 heterocycles. The van der Waals surface area contributed by atoms with Crippen LogP contribution in [0.15, 0.2) is 23.1 Å². The maximum Gasteiger partial charge on any atom is 0.257 e. The van der Waals surface area contributed by atoms with Crippen molar-refractivity contribution in [3.63, 3.8) is 0 Å². The molecule has 1 aromatic carbocycles. The van der Waals surface area contributed by atoms with Crippen molar-refractivity contribution in [1.29, 1.82) is 0 Å². The van der Waals surface area contributed by atoms with Crippen molar-refractivity contribution >= 4 is 27.5 Å². The van der Waals surface area contributed by atoms with Gasteiger partial charge >= 0.3 is 0 Å². The molecular weight excluding hydrogens is 332 g/mol. The topological polar surface area (TPSA) is 84.9 Å². The summed E-state index contributed by atoms with van der Waals surface area (Å²) in [6.07, 6.45) is 0. The summed E-state index contributed by atoms with van der Waals surface area (Å²) in [5.74, 6) is -0.260. The van der Waals surface area contributed by atoms with Crippen LogP contribution in [0.5, 0.6) is 5.75 Å². The fourth-order valence-electron chi connectivity index (χ4n) is 1.94. The van der Waals surface area contributed by atoms with E-state index in [0.29, 0.717) is 13.2 Å². The molecule has 0 unspecified atom stereocenters. The molecule has 1 aliphatic rings. The van der Waals surface area contributed by atoms with Crippen molar-refractivity contribution in [3.05, 3.63) is 23.2 Å². The van der Waals surface area contributed by atoms with Gasteiger partial charge in [0.05, 0.1) is 13.2 Å². The lowest BCUT2D eigenvalue weighted by molar-refractivity contribution is -0.122. The third-order valence-corrected chi connectivity index (χ3v) is 5.29. The van der Waals surface area contributed by atoms with Crippen LogP contribution < -0.4 is 10.1 Å². The second-order valence-corrected chi connectivity index (χ2v) is 6.91. The summed E-state index contributed by atoms with van der Waals surface area (Å²) < 4.78 is 37.2.